The molecule has 3 aromatic carbocycles. The zero-order valence-corrected chi connectivity index (χ0v) is 35.3. The van der Waals surface area contributed by atoms with Crippen LogP contribution in [-0.2, 0) is 33.8 Å². The van der Waals surface area contributed by atoms with Gasteiger partial charge in [0.1, 0.15) is 11.9 Å². The highest BCUT2D eigenvalue weighted by Gasteiger charge is 2.45. The summed E-state index contributed by atoms with van der Waals surface area (Å²) in [7, 11) is 0. The fraction of sp³-hybridized carbons (Fsp3) is 0.327. The molecule has 5 amide bonds. The minimum absolute atomic E-state index is 0.0585. The van der Waals surface area contributed by atoms with E-state index in [9.17, 15) is 28.8 Å². The van der Waals surface area contributed by atoms with E-state index in [1.165, 1.54) is 0 Å². The van der Waals surface area contributed by atoms with Gasteiger partial charge in [0.25, 0.3) is 11.8 Å². The second-order valence-corrected chi connectivity index (χ2v) is 16.4. The number of Topliss-reactive ketones (excluding diaryl/α,β-unsaturated/α-hetero) is 1. The van der Waals surface area contributed by atoms with Crippen LogP contribution in [0.5, 0.6) is 0 Å². The van der Waals surface area contributed by atoms with Gasteiger partial charge >= 0.3 is 0 Å². The summed E-state index contributed by atoms with van der Waals surface area (Å²) >= 11 is 0. The fourth-order valence-electron chi connectivity index (χ4n) is 8.47. The third-order valence-corrected chi connectivity index (χ3v) is 12.0. The van der Waals surface area contributed by atoms with Crippen LogP contribution in [-0.4, -0.2) is 104 Å². The van der Waals surface area contributed by atoms with E-state index in [1.54, 1.807) is 36.8 Å². The van der Waals surface area contributed by atoms with Crippen molar-refractivity contribution in [2.45, 2.75) is 70.9 Å². The second kappa shape index (κ2) is 19.4. The summed E-state index contributed by atoms with van der Waals surface area (Å²) in [5.74, 6) is -1.21. The first-order chi connectivity index (χ1) is 30.6. The van der Waals surface area contributed by atoms with E-state index < -0.39 is 29.7 Å². The molecule has 2 fully saturated rings. The van der Waals surface area contributed by atoms with Crippen LogP contribution in [0.2, 0.25) is 0 Å². The van der Waals surface area contributed by atoms with Crippen LogP contribution in [0.15, 0.2) is 97.5 Å². The average Bonchev–Trinajstić information content (AvgIpc) is 3.55. The van der Waals surface area contributed by atoms with Crippen LogP contribution in [0.3, 0.4) is 0 Å². The molecule has 5 heterocycles. The fourth-order valence-corrected chi connectivity index (χ4v) is 8.47. The van der Waals surface area contributed by atoms with Crippen LogP contribution in [0.4, 0.5) is 5.69 Å². The number of carbonyl (C=O) groups excluding carboxylic acids is 6. The topological polar surface area (TPSA) is 175 Å². The van der Waals surface area contributed by atoms with Crippen molar-refractivity contribution < 1.29 is 28.8 Å². The summed E-state index contributed by atoms with van der Waals surface area (Å²) in [6, 6.07) is 23.7. The van der Waals surface area contributed by atoms with E-state index in [2.05, 4.69) is 44.6 Å². The van der Waals surface area contributed by atoms with E-state index in [0.717, 1.165) is 77.3 Å². The molecule has 14 heteroatoms. The monoisotopic (exact) mass is 846 g/mol. The molecule has 322 valence electrons. The molecular weight excluding hydrogens is 797 g/mol. The second-order valence-electron chi connectivity index (χ2n) is 16.4. The van der Waals surface area contributed by atoms with Crippen molar-refractivity contribution in [2.24, 2.45) is 0 Å². The number of amides is 5. The number of aryl methyl sites for hydroxylation is 1. The van der Waals surface area contributed by atoms with Crippen molar-refractivity contribution >= 4 is 41.0 Å². The predicted octanol–water partition coefficient (Wildman–Crippen LogP) is 5.58. The van der Waals surface area contributed by atoms with Crippen LogP contribution in [0.25, 0.3) is 11.3 Å². The summed E-state index contributed by atoms with van der Waals surface area (Å²) in [5, 5.41) is 5.49. The molecule has 0 radical (unpaired) electrons. The van der Waals surface area contributed by atoms with Gasteiger partial charge in [-0.15, -0.1) is 0 Å². The number of hydrogen-bond acceptors (Lipinski definition) is 11. The Hall–Kier alpha value is -6.93. The number of rotatable bonds is 16. The summed E-state index contributed by atoms with van der Waals surface area (Å²) in [6.45, 7) is 6.23. The van der Waals surface area contributed by atoms with E-state index in [-0.39, 0.29) is 35.7 Å². The quantitative estimate of drug-likeness (QED) is 0.0721. The number of imide groups is 2. The molecule has 1 unspecified atom stereocenters. The zero-order chi connectivity index (χ0) is 43.9. The number of hydrogen-bond donors (Lipinski definition) is 2. The van der Waals surface area contributed by atoms with E-state index in [0.29, 0.717) is 56.0 Å². The Balaban J connectivity index is 0.739. The Morgan fingerprint density at radius 1 is 0.841 bits per heavy atom. The minimum Gasteiger partial charge on any atom is -0.384 e. The highest BCUT2D eigenvalue weighted by molar-refractivity contribution is 6.25. The van der Waals surface area contributed by atoms with Gasteiger partial charge in [-0.05, 0) is 78.8 Å². The molecule has 0 saturated carbocycles. The van der Waals surface area contributed by atoms with Crippen LogP contribution >= 0.6 is 0 Å². The Morgan fingerprint density at radius 2 is 1.65 bits per heavy atom. The van der Waals surface area contributed by atoms with Gasteiger partial charge in [-0.1, -0.05) is 55.0 Å². The maximum atomic E-state index is 13.4. The van der Waals surface area contributed by atoms with Gasteiger partial charge in [-0.25, -0.2) is 9.97 Å². The number of piperidine rings is 1. The maximum Gasteiger partial charge on any atom is 0.264 e. The van der Waals surface area contributed by atoms with Gasteiger partial charge in [0.2, 0.25) is 17.7 Å². The van der Waals surface area contributed by atoms with E-state index in [4.69, 9.17) is 4.98 Å². The first kappa shape index (κ1) is 42.7. The van der Waals surface area contributed by atoms with Crippen LogP contribution in [0, 0.1) is 6.92 Å². The number of pyridine rings is 1. The standard InChI is InChI=1S/C49H50N8O6/c1-32-11-12-34(27-37(32)29-43-52-22-19-39(53-43)36-7-6-20-50-30-36)28-42(58)35-15-13-33(14-16-35)31-55-23-25-56(26-24-55)45(60)10-3-2-4-21-51-40-9-5-8-38-46(40)49(63)57(48(38)62)41-17-18-44(59)54-47(41)61/h5-9,11-16,19-20,22,27,30,41,51H,2-4,10,17-18,21,23-26,28-29,31H2,1H3,(H,54,59,61). The van der Waals surface area contributed by atoms with Crippen molar-refractivity contribution in [3.63, 3.8) is 0 Å². The third-order valence-electron chi connectivity index (χ3n) is 12.0. The summed E-state index contributed by atoms with van der Waals surface area (Å²) in [5.41, 5.74) is 7.71. The number of benzene rings is 3. The smallest absolute Gasteiger partial charge is 0.264 e. The van der Waals surface area contributed by atoms with Crippen LogP contribution in [0.1, 0.15) is 97.7 Å². The Bertz CT molecular complexity index is 2540. The summed E-state index contributed by atoms with van der Waals surface area (Å²) < 4.78 is 0. The number of unbranched alkanes of at least 4 members (excludes halogenated alkanes) is 2. The summed E-state index contributed by atoms with van der Waals surface area (Å²) in [6.07, 6.45) is 9.10. The number of nitrogens with zero attached hydrogens (tertiary/aromatic N) is 6. The Kier molecular flexibility index (Phi) is 13.2. The highest BCUT2D eigenvalue weighted by Crippen LogP contribution is 2.32. The molecule has 5 aromatic rings. The number of ketones is 1. The number of carbonyl (C=O) groups is 6. The van der Waals surface area contributed by atoms with E-state index in [1.807, 2.05) is 53.4 Å². The molecule has 2 N–H and O–H groups in total. The molecule has 1 atom stereocenters. The van der Waals surface area contributed by atoms with Gasteiger partial charge in [-0.3, -0.25) is 48.9 Å². The first-order valence-corrected chi connectivity index (χ1v) is 21.6. The van der Waals surface area contributed by atoms with Crippen molar-refractivity contribution in [2.75, 3.05) is 38.0 Å². The molecule has 2 saturated heterocycles. The normalized spacial score (nSPS) is 16.6. The lowest BCUT2D eigenvalue weighted by Crippen LogP contribution is -2.54. The number of anilines is 1. The SMILES string of the molecule is Cc1ccc(CC(=O)c2ccc(CN3CCN(C(=O)CCCCCNc4cccc5c4C(=O)N(C4CCC(=O)NC4=O)C5=O)CC3)cc2)cc1Cc1nccc(-c2cccnc2)n1. The van der Waals surface area contributed by atoms with Crippen molar-refractivity contribution in [1.82, 2.24) is 35.0 Å². The van der Waals surface area contributed by atoms with E-state index >= 15 is 0 Å². The average molecular weight is 847 g/mol. The Labute approximate surface area is 366 Å². The van der Waals surface area contributed by atoms with Gasteiger partial charge < -0.3 is 10.2 Å². The lowest BCUT2D eigenvalue weighted by atomic mass is 9.97. The van der Waals surface area contributed by atoms with Crippen molar-refractivity contribution in [3.05, 3.63) is 142 Å². The lowest BCUT2D eigenvalue weighted by molar-refractivity contribution is -0.136. The molecular formula is C49H50N8O6. The molecule has 2 aromatic heterocycles. The largest absolute Gasteiger partial charge is 0.384 e. The Morgan fingerprint density at radius 3 is 2.43 bits per heavy atom. The highest BCUT2D eigenvalue weighted by atomic mass is 16.2. The molecule has 0 bridgehead atoms. The molecule has 3 aliphatic heterocycles. The number of nitrogens with one attached hydrogen (secondary N) is 2. The molecule has 63 heavy (non-hydrogen) atoms. The summed E-state index contributed by atoms with van der Waals surface area (Å²) in [4.78, 5) is 95.6. The van der Waals surface area contributed by atoms with Gasteiger partial charge in [0, 0.05) is 100 Å². The predicted molar refractivity (Wildman–Crippen MR) is 236 cm³/mol. The van der Waals surface area contributed by atoms with Gasteiger partial charge in [-0.2, -0.15) is 0 Å². The molecule has 0 aliphatic carbocycles. The zero-order valence-electron chi connectivity index (χ0n) is 35.3. The maximum absolute atomic E-state index is 13.4. The van der Waals surface area contributed by atoms with Gasteiger partial charge in [0.05, 0.1) is 16.8 Å². The van der Waals surface area contributed by atoms with Gasteiger partial charge in [0.15, 0.2) is 5.78 Å². The first-order valence-electron chi connectivity index (χ1n) is 21.6. The lowest BCUT2D eigenvalue weighted by Gasteiger charge is -2.35. The molecule has 3 aliphatic rings. The molecule has 14 nitrogen and oxygen atoms in total. The third kappa shape index (κ3) is 10.1. The molecule has 8 rings (SSSR count). The van der Waals surface area contributed by atoms with Crippen LogP contribution < -0.4 is 10.6 Å². The molecule has 0 spiro atoms. The van der Waals surface area contributed by atoms with Crippen molar-refractivity contribution in [3.8, 4) is 11.3 Å². The minimum atomic E-state index is -1.01. The number of piperazine rings is 1. The number of fused-ring (bicyclic) bond motifs is 1. The number of aromatic nitrogens is 3. The van der Waals surface area contributed by atoms with Crippen molar-refractivity contribution in [1.29, 1.82) is 0 Å².